The van der Waals surface area contributed by atoms with Crippen LogP contribution in [-0.2, 0) is 0 Å². The number of hydrogen-bond donors (Lipinski definition) is 2. The van der Waals surface area contributed by atoms with Crippen LogP contribution in [0.15, 0.2) is 46.0 Å². The van der Waals surface area contributed by atoms with Crippen LogP contribution in [-0.4, -0.2) is 22.2 Å². The van der Waals surface area contributed by atoms with Gasteiger partial charge in [0.25, 0.3) is 11.6 Å². The molecular formula is C14H9BrFN3O4. The summed E-state index contributed by atoms with van der Waals surface area (Å²) in [6.45, 7) is 0. The monoisotopic (exact) mass is 381 g/mol. The zero-order valence-corrected chi connectivity index (χ0v) is 12.9. The van der Waals surface area contributed by atoms with Crippen molar-refractivity contribution in [3.8, 4) is 5.75 Å². The third kappa shape index (κ3) is 4.10. The Morgan fingerprint density at radius 2 is 2.13 bits per heavy atom. The van der Waals surface area contributed by atoms with Gasteiger partial charge in [-0.15, -0.1) is 0 Å². The van der Waals surface area contributed by atoms with E-state index in [0.717, 1.165) is 24.4 Å². The lowest BCUT2D eigenvalue weighted by atomic mass is 10.2. The standard InChI is InChI=1S/C14H9BrFN3O4/c15-12-6-11(19(22)23)5-9(13(12)20)7-17-18-14(21)8-2-1-3-10(16)4-8/h1-7,20H,(H,18,21). The Kier molecular flexibility index (Phi) is 5.02. The van der Waals surface area contributed by atoms with E-state index in [2.05, 4.69) is 26.5 Å². The van der Waals surface area contributed by atoms with Gasteiger partial charge in [-0.05, 0) is 34.1 Å². The summed E-state index contributed by atoms with van der Waals surface area (Å²) in [4.78, 5) is 21.9. The largest absolute Gasteiger partial charge is 0.506 e. The number of hydrazone groups is 1. The van der Waals surface area contributed by atoms with E-state index in [9.17, 15) is 24.4 Å². The molecular weight excluding hydrogens is 373 g/mol. The molecule has 0 aliphatic heterocycles. The number of nitrogens with one attached hydrogen (secondary N) is 1. The summed E-state index contributed by atoms with van der Waals surface area (Å²) < 4.78 is 13.1. The van der Waals surface area contributed by atoms with Crippen molar-refractivity contribution in [2.75, 3.05) is 0 Å². The molecule has 118 valence electrons. The second-order valence-corrected chi connectivity index (χ2v) is 5.19. The molecule has 2 aromatic rings. The molecule has 2 N–H and O–H groups in total. The number of phenols is 1. The van der Waals surface area contributed by atoms with Crippen molar-refractivity contribution < 1.29 is 19.2 Å². The third-order valence-corrected chi connectivity index (χ3v) is 3.35. The molecule has 2 aromatic carbocycles. The average Bonchev–Trinajstić information content (AvgIpc) is 2.50. The number of benzene rings is 2. The Morgan fingerprint density at radius 1 is 1.39 bits per heavy atom. The fourth-order valence-electron chi connectivity index (χ4n) is 1.66. The average molecular weight is 382 g/mol. The second-order valence-electron chi connectivity index (χ2n) is 4.33. The van der Waals surface area contributed by atoms with Crippen LogP contribution in [0.4, 0.5) is 10.1 Å². The number of phenolic OH excluding ortho intramolecular Hbond substituents is 1. The highest BCUT2D eigenvalue weighted by Gasteiger charge is 2.13. The lowest BCUT2D eigenvalue weighted by Crippen LogP contribution is -2.17. The number of nitro groups is 1. The Bertz CT molecular complexity index is 811. The first-order chi connectivity index (χ1) is 10.9. The molecule has 0 bridgehead atoms. The summed E-state index contributed by atoms with van der Waals surface area (Å²) in [6, 6.07) is 7.23. The van der Waals surface area contributed by atoms with Crippen molar-refractivity contribution in [3.05, 3.63) is 67.9 Å². The van der Waals surface area contributed by atoms with Crippen LogP contribution in [0.25, 0.3) is 0 Å². The van der Waals surface area contributed by atoms with Crippen LogP contribution in [0, 0.1) is 15.9 Å². The summed E-state index contributed by atoms with van der Waals surface area (Å²) in [6.07, 6.45) is 1.05. The highest BCUT2D eigenvalue weighted by atomic mass is 79.9. The molecule has 23 heavy (non-hydrogen) atoms. The summed E-state index contributed by atoms with van der Waals surface area (Å²) in [5.74, 6) is -1.49. The maximum atomic E-state index is 13.0. The SMILES string of the molecule is O=C(NN=Cc1cc([N+](=O)[O-])cc(Br)c1O)c1cccc(F)c1. The highest BCUT2D eigenvalue weighted by Crippen LogP contribution is 2.31. The predicted molar refractivity (Wildman–Crippen MR) is 83.9 cm³/mol. The minimum Gasteiger partial charge on any atom is -0.506 e. The van der Waals surface area contributed by atoms with Gasteiger partial charge in [-0.25, -0.2) is 9.82 Å². The van der Waals surface area contributed by atoms with E-state index in [1.165, 1.54) is 18.2 Å². The van der Waals surface area contributed by atoms with Gasteiger partial charge in [-0.2, -0.15) is 5.10 Å². The van der Waals surface area contributed by atoms with E-state index in [0.29, 0.717) is 0 Å². The first kappa shape index (κ1) is 16.6. The number of carbonyl (C=O) groups excluding carboxylic acids is 1. The minimum atomic E-state index is -0.662. The number of nitro benzene ring substituents is 1. The molecule has 0 heterocycles. The van der Waals surface area contributed by atoms with Gasteiger partial charge in [0.2, 0.25) is 0 Å². The van der Waals surface area contributed by atoms with Gasteiger partial charge < -0.3 is 5.11 Å². The van der Waals surface area contributed by atoms with E-state index in [-0.39, 0.29) is 27.0 Å². The van der Waals surface area contributed by atoms with Crippen LogP contribution in [0.5, 0.6) is 5.75 Å². The van der Waals surface area contributed by atoms with Crippen LogP contribution < -0.4 is 5.43 Å². The number of hydrogen-bond acceptors (Lipinski definition) is 5. The lowest BCUT2D eigenvalue weighted by Gasteiger charge is -2.03. The lowest BCUT2D eigenvalue weighted by molar-refractivity contribution is -0.385. The Hall–Kier alpha value is -2.81. The van der Waals surface area contributed by atoms with Gasteiger partial charge >= 0.3 is 0 Å². The molecule has 0 aliphatic carbocycles. The first-order valence-corrected chi connectivity index (χ1v) is 6.93. The van der Waals surface area contributed by atoms with Crippen molar-refractivity contribution in [1.29, 1.82) is 0 Å². The van der Waals surface area contributed by atoms with Gasteiger partial charge in [-0.1, -0.05) is 6.07 Å². The number of carbonyl (C=O) groups is 1. The maximum Gasteiger partial charge on any atom is 0.271 e. The van der Waals surface area contributed by atoms with E-state index < -0.39 is 16.6 Å². The quantitative estimate of drug-likeness (QED) is 0.482. The molecule has 0 atom stereocenters. The van der Waals surface area contributed by atoms with Gasteiger partial charge in [0.1, 0.15) is 11.6 Å². The fourth-order valence-corrected chi connectivity index (χ4v) is 2.13. The fraction of sp³-hybridized carbons (Fsp3) is 0. The molecule has 0 aliphatic rings. The van der Waals surface area contributed by atoms with E-state index in [1.54, 1.807) is 0 Å². The molecule has 0 spiro atoms. The number of amides is 1. The maximum absolute atomic E-state index is 13.0. The van der Waals surface area contributed by atoms with E-state index in [4.69, 9.17) is 0 Å². The van der Waals surface area contributed by atoms with Gasteiger partial charge in [0.15, 0.2) is 0 Å². The zero-order valence-electron chi connectivity index (χ0n) is 11.4. The molecule has 7 nitrogen and oxygen atoms in total. The van der Waals surface area contributed by atoms with E-state index in [1.807, 2.05) is 0 Å². The molecule has 2 rings (SSSR count). The minimum absolute atomic E-state index is 0.0330. The van der Waals surface area contributed by atoms with Gasteiger partial charge in [0, 0.05) is 23.3 Å². The Balaban J connectivity index is 2.17. The van der Waals surface area contributed by atoms with Crippen LogP contribution in [0.1, 0.15) is 15.9 Å². The molecule has 0 fully saturated rings. The molecule has 1 amide bonds. The summed E-state index contributed by atoms with van der Waals surface area (Å²) in [5.41, 5.74) is 1.98. The van der Waals surface area contributed by atoms with Crippen LogP contribution in [0.2, 0.25) is 0 Å². The third-order valence-electron chi connectivity index (χ3n) is 2.75. The second kappa shape index (κ2) is 6.97. The molecule has 0 unspecified atom stereocenters. The van der Waals surface area contributed by atoms with Crippen LogP contribution in [0.3, 0.4) is 0 Å². The van der Waals surface area contributed by atoms with Crippen molar-refractivity contribution in [2.24, 2.45) is 5.10 Å². The molecule has 9 heteroatoms. The van der Waals surface area contributed by atoms with E-state index >= 15 is 0 Å². The van der Waals surface area contributed by atoms with Crippen molar-refractivity contribution in [2.45, 2.75) is 0 Å². The molecule has 0 radical (unpaired) electrons. The summed E-state index contributed by atoms with van der Waals surface area (Å²) in [7, 11) is 0. The smallest absolute Gasteiger partial charge is 0.271 e. The molecule has 0 aromatic heterocycles. The number of non-ortho nitro benzene ring substituents is 1. The highest BCUT2D eigenvalue weighted by molar-refractivity contribution is 9.10. The molecule has 0 saturated heterocycles. The summed E-state index contributed by atoms with van der Waals surface area (Å²) in [5, 5.41) is 24.2. The van der Waals surface area contributed by atoms with Gasteiger partial charge in [0.05, 0.1) is 15.6 Å². The van der Waals surface area contributed by atoms with Crippen LogP contribution >= 0.6 is 15.9 Å². The van der Waals surface area contributed by atoms with Crippen molar-refractivity contribution in [3.63, 3.8) is 0 Å². The number of nitrogens with zero attached hydrogens (tertiary/aromatic N) is 2. The van der Waals surface area contributed by atoms with Crippen molar-refractivity contribution >= 4 is 33.7 Å². The summed E-state index contributed by atoms with van der Waals surface area (Å²) >= 11 is 2.99. The van der Waals surface area contributed by atoms with Crippen molar-refractivity contribution in [1.82, 2.24) is 5.43 Å². The molecule has 0 saturated carbocycles. The first-order valence-electron chi connectivity index (χ1n) is 6.14. The Labute approximate surface area is 137 Å². The zero-order chi connectivity index (χ0) is 17.0. The Morgan fingerprint density at radius 3 is 2.78 bits per heavy atom. The number of halogens is 2. The number of aromatic hydroxyl groups is 1. The normalized spacial score (nSPS) is 10.7. The predicted octanol–water partition coefficient (Wildman–Crippen LogP) is 2.97. The number of rotatable bonds is 4. The van der Waals surface area contributed by atoms with Gasteiger partial charge in [-0.3, -0.25) is 14.9 Å². The topological polar surface area (TPSA) is 105 Å².